The molecule has 0 amide bonds. The van der Waals surface area contributed by atoms with Gasteiger partial charge in [0.05, 0.1) is 0 Å². The third-order valence-electron chi connectivity index (χ3n) is 4.17. The van der Waals surface area contributed by atoms with Crippen molar-refractivity contribution in [2.24, 2.45) is 5.92 Å². The Kier molecular flexibility index (Phi) is 2.40. The highest BCUT2D eigenvalue weighted by atomic mass is 15.1. The minimum atomic E-state index is 0.785. The predicted octanol–water partition coefficient (Wildman–Crippen LogP) is 2.14. The van der Waals surface area contributed by atoms with Crippen molar-refractivity contribution in [2.75, 3.05) is 31.6 Å². The number of rotatable bonds is 0. The maximum Gasteiger partial charge on any atom is 0.0428 e. The van der Waals surface area contributed by atoms with Crippen LogP contribution in [0.25, 0.3) is 0 Å². The van der Waals surface area contributed by atoms with Crippen LogP contribution in [0, 0.1) is 12.8 Å². The highest BCUT2D eigenvalue weighted by Crippen LogP contribution is 2.42. The standard InChI is InChI=1S/C14H20N2/c1-10-4-3-5-13-12-6-7-15-8-11(12)9-16(2)14(10)13/h3-5,11-12,15H,6-9H2,1-2H3. The van der Waals surface area contributed by atoms with Crippen molar-refractivity contribution in [2.45, 2.75) is 19.3 Å². The highest BCUT2D eigenvalue weighted by Gasteiger charge is 2.34. The van der Waals surface area contributed by atoms with E-state index < -0.39 is 0 Å². The Hall–Kier alpha value is -1.02. The van der Waals surface area contributed by atoms with Crippen LogP contribution in [0.4, 0.5) is 5.69 Å². The Labute approximate surface area is 97.6 Å². The molecule has 0 bridgehead atoms. The van der Waals surface area contributed by atoms with Gasteiger partial charge in [-0.15, -0.1) is 0 Å². The fourth-order valence-electron chi connectivity index (χ4n) is 3.47. The second-order valence-electron chi connectivity index (χ2n) is 5.25. The quantitative estimate of drug-likeness (QED) is 0.715. The van der Waals surface area contributed by atoms with Crippen LogP contribution < -0.4 is 10.2 Å². The van der Waals surface area contributed by atoms with Gasteiger partial charge in [0, 0.05) is 25.8 Å². The molecule has 3 rings (SSSR count). The van der Waals surface area contributed by atoms with Crippen molar-refractivity contribution in [1.82, 2.24) is 5.32 Å². The average molecular weight is 216 g/mol. The van der Waals surface area contributed by atoms with Crippen molar-refractivity contribution in [1.29, 1.82) is 0 Å². The maximum absolute atomic E-state index is 3.52. The van der Waals surface area contributed by atoms with E-state index in [2.05, 4.69) is 42.4 Å². The van der Waals surface area contributed by atoms with Gasteiger partial charge in [-0.05, 0) is 42.9 Å². The Morgan fingerprint density at radius 3 is 3.12 bits per heavy atom. The minimum Gasteiger partial charge on any atom is -0.374 e. The summed E-state index contributed by atoms with van der Waals surface area (Å²) in [5, 5.41) is 3.52. The van der Waals surface area contributed by atoms with E-state index in [0.717, 1.165) is 11.8 Å². The number of hydrogen-bond acceptors (Lipinski definition) is 2. The lowest BCUT2D eigenvalue weighted by Gasteiger charge is -2.43. The third-order valence-corrected chi connectivity index (χ3v) is 4.17. The topological polar surface area (TPSA) is 15.3 Å². The van der Waals surface area contributed by atoms with E-state index in [4.69, 9.17) is 0 Å². The molecule has 2 atom stereocenters. The number of hydrogen-bond donors (Lipinski definition) is 1. The summed E-state index contributed by atoms with van der Waals surface area (Å²) in [5.74, 6) is 1.58. The van der Waals surface area contributed by atoms with Crippen LogP contribution >= 0.6 is 0 Å². The summed E-state index contributed by atoms with van der Waals surface area (Å²) in [6.45, 7) is 5.80. The first kappa shape index (κ1) is 10.2. The molecule has 0 aromatic heterocycles. The molecule has 2 heteroatoms. The second kappa shape index (κ2) is 3.77. The van der Waals surface area contributed by atoms with Crippen LogP contribution in [-0.2, 0) is 0 Å². The molecule has 0 radical (unpaired) electrons. The molecule has 1 saturated heterocycles. The van der Waals surface area contributed by atoms with Crippen LogP contribution in [0.5, 0.6) is 0 Å². The Morgan fingerprint density at radius 2 is 2.25 bits per heavy atom. The molecule has 1 aromatic rings. The predicted molar refractivity (Wildman–Crippen MR) is 68.2 cm³/mol. The lowest BCUT2D eigenvalue weighted by Crippen LogP contribution is -2.45. The summed E-state index contributed by atoms with van der Waals surface area (Å²) in [6.07, 6.45) is 1.30. The molecule has 2 aliphatic heterocycles. The highest BCUT2D eigenvalue weighted by molar-refractivity contribution is 5.62. The number of aryl methyl sites for hydroxylation is 1. The molecule has 0 saturated carbocycles. The first-order chi connectivity index (χ1) is 7.77. The zero-order chi connectivity index (χ0) is 11.1. The molecule has 1 aromatic carbocycles. The van der Waals surface area contributed by atoms with Crippen molar-refractivity contribution in [3.8, 4) is 0 Å². The van der Waals surface area contributed by atoms with Gasteiger partial charge in [0.1, 0.15) is 0 Å². The first-order valence-electron chi connectivity index (χ1n) is 6.28. The third kappa shape index (κ3) is 1.44. The monoisotopic (exact) mass is 216 g/mol. The Morgan fingerprint density at radius 1 is 1.38 bits per heavy atom. The van der Waals surface area contributed by atoms with Crippen LogP contribution in [0.3, 0.4) is 0 Å². The fourth-order valence-corrected chi connectivity index (χ4v) is 3.47. The second-order valence-corrected chi connectivity index (χ2v) is 5.25. The van der Waals surface area contributed by atoms with Crippen LogP contribution in [0.15, 0.2) is 18.2 Å². The molecule has 2 heterocycles. The zero-order valence-electron chi connectivity index (χ0n) is 10.2. The summed E-state index contributed by atoms with van der Waals surface area (Å²) in [5.41, 5.74) is 4.50. The molecular formula is C14H20N2. The van der Waals surface area contributed by atoms with Crippen molar-refractivity contribution < 1.29 is 0 Å². The SMILES string of the molecule is Cc1cccc2c1N(C)CC1CNCCC21. The lowest BCUT2D eigenvalue weighted by molar-refractivity contribution is 0.318. The molecule has 1 fully saturated rings. The normalized spacial score (nSPS) is 28.5. The summed E-state index contributed by atoms with van der Waals surface area (Å²) in [4.78, 5) is 2.44. The number of nitrogens with zero attached hydrogens (tertiary/aromatic N) is 1. The molecule has 0 aliphatic carbocycles. The van der Waals surface area contributed by atoms with E-state index in [-0.39, 0.29) is 0 Å². The summed E-state index contributed by atoms with van der Waals surface area (Å²) >= 11 is 0. The lowest BCUT2D eigenvalue weighted by atomic mass is 9.76. The van der Waals surface area contributed by atoms with E-state index in [1.165, 1.54) is 37.3 Å². The molecule has 2 aliphatic rings. The van der Waals surface area contributed by atoms with Gasteiger partial charge in [-0.1, -0.05) is 18.2 Å². The van der Waals surface area contributed by atoms with E-state index in [9.17, 15) is 0 Å². The van der Waals surface area contributed by atoms with Gasteiger partial charge in [-0.3, -0.25) is 0 Å². The van der Waals surface area contributed by atoms with Crippen LogP contribution in [0.1, 0.15) is 23.5 Å². The molecule has 1 N–H and O–H groups in total. The minimum absolute atomic E-state index is 0.785. The molecular weight excluding hydrogens is 196 g/mol. The summed E-state index contributed by atoms with van der Waals surface area (Å²) in [7, 11) is 2.23. The van der Waals surface area contributed by atoms with Gasteiger partial charge in [-0.2, -0.15) is 0 Å². The Bertz CT molecular complexity index is 400. The average Bonchev–Trinajstić information content (AvgIpc) is 2.29. The van der Waals surface area contributed by atoms with Crippen LogP contribution in [-0.4, -0.2) is 26.7 Å². The fraction of sp³-hybridized carbons (Fsp3) is 0.571. The molecule has 0 spiro atoms. The number of benzene rings is 1. The van der Waals surface area contributed by atoms with E-state index >= 15 is 0 Å². The summed E-state index contributed by atoms with van der Waals surface area (Å²) in [6, 6.07) is 6.78. The van der Waals surface area contributed by atoms with Gasteiger partial charge in [-0.25, -0.2) is 0 Å². The largest absolute Gasteiger partial charge is 0.374 e. The van der Waals surface area contributed by atoms with Gasteiger partial charge in [0.25, 0.3) is 0 Å². The number of fused-ring (bicyclic) bond motifs is 3. The number of nitrogens with one attached hydrogen (secondary N) is 1. The van der Waals surface area contributed by atoms with E-state index in [1.54, 1.807) is 5.56 Å². The van der Waals surface area contributed by atoms with Gasteiger partial charge in [0.2, 0.25) is 0 Å². The van der Waals surface area contributed by atoms with E-state index in [1.807, 2.05) is 0 Å². The molecule has 2 unspecified atom stereocenters. The Balaban J connectivity index is 2.08. The van der Waals surface area contributed by atoms with E-state index in [0.29, 0.717) is 0 Å². The first-order valence-corrected chi connectivity index (χ1v) is 6.28. The number of anilines is 1. The van der Waals surface area contributed by atoms with Crippen molar-refractivity contribution >= 4 is 5.69 Å². The molecule has 2 nitrogen and oxygen atoms in total. The number of piperidine rings is 1. The van der Waals surface area contributed by atoms with Gasteiger partial charge in [0.15, 0.2) is 0 Å². The van der Waals surface area contributed by atoms with Crippen molar-refractivity contribution in [3.63, 3.8) is 0 Å². The smallest absolute Gasteiger partial charge is 0.0428 e. The molecule has 86 valence electrons. The van der Waals surface area contributed by atoms with Gasteiger partial charge < -0.3 is 10.2 Å². The van der Waals surface area contributed by atoms with Crippen molar-refractivity contribution in [3.05, 3.63) is 29.3 Å². The van der Waals surface area contributed by atoms with Crippen LogP contribution in [0.2, 0.25) is 0 Å². The zero-order valence-corrected chi connectivity index (χ0v) is 10.2. The molecule has 16 heavy (non-hydrogen) atoms. The summed E-state index contributed by atoms with van der Waals surface area (Å²) < 4.78 is 0. The van der Waals surface area contributed by atoms with Gasteiger partial charge >= 0.3 is 0 Å². The maximum atomic E-state index is 3.52. The number of para-hydroxylation sites is 1.